The van der Waals surface area contributed by atoms with Gasteiger partial charge < -0.3 is 15.1 Å². The van der Waals surface area contributed by atoms with Crippen LogP contribution in [0.2, 0.25) is 0 Å². The molecule has 0 fully saturated rings. The number of para-hydroxylation sites is 1. The zero-order chi connectivity index (χ0) is 20.6. The van der Waals surface area contributed by atoms with Gasteiger partial charge in [0.2, 0.25) is 0 Å². The van der Waals surface area contributed by atoms with Crippen LogP contribution in [-0.2, 0) is 0 Å². The summed E-state index contributed by atoms with van der Waals surface area (Å²) >= 11 is 0. The molecule has 1 amide bonds. The summed E-state index contributed by atoms with van der Waals surface area (Å²) in [5.74, 6) is 0.434. The van der Waals surface area contributed by atoms with E-state index in [1.807, 2.05) is 49.4 Å². The molecule has 0 atom stereocenters. The number of hydrogen-bond donors (Lipinski definition) is 1. The molecule has 1 aromatic heterocycles. The number of benzene rings is 2. The Labute approximate surface area is 172 Å². The Kier molecular flexibility index (Phi) is 6.79. The summed E-state index contributed by atoms with van der Waals surface area (Å²) in [5.41, 5.74) is 3.29. The van der Waals surface area contributed by atoms with Crippen LogP contribution >= 0.6 is 0 Å². The van der Waals surface area contributed by atoms with Crippen molar-refractivity contribution in [1.29, 1.82) is 0 Å². The number of aromatic nitrogens is 2. The number of hydrogen-bond acceptors (Lipinski definition) is 5. The normalized spacial score (nSPS) is 10.4. The fourth-order valence-corrected chi connectivity index (χ4v) is 3.22. The molecule has 0 spiro atoms. The van der Waals surface area contributed by atoms with Crippen LogP contribution in [0.1, 0.15) is 31.3 Å². The maximum Gasteiger partial charge on any atom is 0.277 e. The second kappa shape index (κ2) is 9.68. The van der Waals surface area contributed by atoms with Crippen molar-refractivity contribution in [3.05, 3.63) is 72.7 Å². The molecule has 6 nitrogen and oxygen atoms in total. The molecule has 150 valence electrons. The van der Waals surface area contributed by atoms with Crippen molar-refractivity contribution in [2.24, 2.45) is 0 Å². The van der Waals surface area contributed by atoms with Gasteiger partial charge in [0.05, 0.1) is 0 Å². The molecule has 0 bridgehead atoms. The molecule has 0 aliphatic heterocycles. The van der Waals surface area contributed by atoms with Crippen molar-refractivity contribution < 1.29 is 4.79 Å². The monoisotopic (exact) mass is 389 g/mol. The molecule has 0 unspecified atom stereocenters. The van der Waals surface area contributed by atoms with E-state index in [2.05, 4.69) is 46.2 Å². The molecular formula is C23H27N5O. The predicted molar refractivity (Wildman–Crippen MR) is 119 cm³/mol. The van der Waals surface area contributed by atoms with Gasteiger partial charge in [-0.25, -0.2) is 9.97 Å². The third-order valence-corrected chi connectivity index (χ3v) is 4.78. The van der Waals surface area contributed by atoms with Crippen molar-refractivity contribution in [2.75, 3.05) is 34.8 Å². The van der Waals surface area contributed by atoms with E-state index >= 15 is 0 Å². The quantitative estimate of drug-likeness (QED) is 0.603. The molecular weight excluding hydrogens is 362 g/mol. The highest BCUT2D eigenvalue weighted by molar-refractivity contribution is 6.05. The van der Waals surface area contributed by atoms with Crippen LogP contribution in [0.5, 0.6) is 0 Å². The lowest BCUT2D eigenvalue weighted by molar-refractivity contribution is 0.0983. The molecule has 0 aliphatic carbocycles. The molecule has 0 saturated carbocycles. The van der Waals surface area contributed by atoms with E-state index in [0.29, 0.717) is 18.1 Å². The van der Waals surface area contributed by atoms with Gasteiger partial charge in [-0.1, -0.05) is 18.2 Å². The largest absolute Gasteiger partial charge is 0.372 e. The zero-order valence-electron chi connectivity index (χ0n) is 17.2. The standard InChI is InChI=1S/C23H27N5O/c1-4-27(5-2)19-14-12-18(13-15-19)26-22-16-21(24-17-25-22)23(29)28(6-3)20-10-8-7-9-11-20/h7-17H,4-6H2,1-3H3,(H,24,25,26). The summed E-state index contributed by atoms with van der Waals surface area (Å²) in [5, 5.41) is 3.26. The average Bonchev–Trinajstić information content (AvgIpc) is 2.77. The first-order valence-electron chi connectivity index (χ1n) is 9.97. The highest BCUT2D eigenvalue weighted by Crippen LogP contribution is 2.21. The van der Waals surface area contributed by atoms with Gasteiger partial charge in [0, 0.05) is 42.8 Å². The van der Waals surface area contributed by atoms with Crippen molar-refractivity contribution in [2.45, 2.75) is 20.8 Å². The first-order chi connectivity index (χ1) is 14.2. The third-order valence-electron chi connectivity index (χ3n) is 4.78. The van der Waals surface area contributed by atoms with Crippen molar-refractivity contribution in [1.82, 2.24) is 9.97 Å². The highest BCUT2D eigenvalue weighted by atomic mass is 16.2. The molecule has 1 N–H and O–H groups in total. The van der Waals surface area contributed by atoms with Crippen LogP contribution in [0.15, 0.2) is 67.0 Å². The van der Waals surface area contributed by atoms with Crippen LogP contribution in [0.4, 0.5) is 22.9 Å². The Bertz CT molecular complexity index is 924. The molecule has 2 aromatic carbocycles. The average molecular weight is 390 g/mol. The van der Waals surface area contributed by atoms with Gasteiger partial charge in [-0.15, -0.1) is 0 Å². The predicted octanol–water partition coefficient (Wildman–Crippen LogP) is 4.73. The highest BCUT2D eigenvalue weighted by Gasteiger charge is 2.18. The van der Waals surface area contributed by atoms with Crippen molar-refractivity contribution in [3.8, 4) is 0 Å². The minimum Gasteiger partial charge on any atom is -0.372 e. The van der Waals surface area contributed by atoms with E-state index in [4.69, 9.17) is 0 Å². The number of anilines is 4. The minimum atomic E-state index is -0.152. The number of carbonyl (C=O) groups excluding carboxylic acids is 1. The van der Waals surface area contributed by atoms with E-state index < -0.39 is 0 Å². The number of nitrogens with zero attached hydrogens (tertiary/aromatic N) is 4. The fraction of sp³-hybridized carbons (Fsp3) is 0.261. The lowest BCUT2D eigenvalue weighted by Gasteiger charge is -2.21. The number of carbonyl (C=O) groups is 1. The van der Waals surface area contributed by atoms with E-state index in [1.165, 1.54) is 12.0 Å². The molecule has 0 saturated heterocycles. The summed E-state index contributed by atoms with van der Waals surface area (Å²) in [7, 11) is 0. The summed E-state index contributed by atoms with van der Waals surface area (Å²) in [6.45, 7) is 8.73. The van der Waals surface area contributed by atoms with Crippen molar-refractivity contribution in [3.63, 3.8) is 0 Å². The van der Waals surface area contributed by atoms with Gasteiger partial charge in [-0.05, 0) is 57.2 Å². The second-order valence-corrected chi connectivity index (χ2v) is 6.52. The Balaban J connectivity index is 1.76. The lowest BCUT2D eigenvalue weighted by Crippen LogP contribution is -2.31. The lowest BCUT2D eigenvalue weighted by atomic mass is 10.2. The van der Waals surface area contributed by atoms with Gasteiger partial charge in [0.25, 0.3) is 5.91 Å². The van der Waals surface area contributed by atoms with Gasteiger partial charge in [-0.3, -0.25) is 4.79 Å². The van der Waals surface area contributed by atoms with Gasteiger partial charge >= 0.3 is 0 Å². The zero-order valence-corrected chi connectivity index (χ0v) is 17.2. The maximum absolute atomic E-state index is 13.0. The maximum atomic E-state index is 13.0. The van der Waals surface area contributed by atoms with Crippen LogP contribution in [0.25, 0.3) is 0 Å². The Morgan fingerprint density at radius 1 is 0.862 bits per heavy atom. The van der Waals surface area contributed by atoms with E-state index in [9.17, 15) is 4.79 Å². The Morgan fingerprint density at radius 3 is 2.17 bits per heavy atom. The summed E-state index contributed by atoms with van der Waals surface area (Å²) in [6, 6.07) is 19.5. The molecule has 0 radical (unpaired) electrons. The van der Waals surface area contributed by atoms with Crippen LogP contribution < -0.4 is 15.1 Å². The molecule has 3 rings (SSSR count). The summed E-state index contributed by atoms with van der Waals surface area (Å²) in [4.78, 5) is 25.4. The SMILES string of the molecule is CCN(CC)c1ccc(Nc2cc(C(=O)N(CC)c3ccccc3)ncn2)cc1. The third kappa shape index (κ3) is 4.90. The molecule has 3 aromatic rings. The molecule has 0 aliphatic rings. The van der Waals surface area contributed by atoms with E-state index in [0.717, 1.165) is 24.5 Å². The van der Waals surface area contributed by atoms with Crippen LogP contribution in [-0.4, -0.2) is 35.5 Å². The van der Waals surface area contributed by atoms with E-state index in [-0.39, 0.29) is 5.91 Å². The fourth-order valence-electron chi connectivity index (χ4n) is 3.22. The first-order valence-corrected chi connectivity index (χ1v) is 9.97. The van der Waals surface area contributed by atoms with Crippen molar-refractivity contribution >= 4 is 28.8 Å². The second-order valence-electron chi connectivity index (χ2n) is 6.52. The number of nitrogens with one attached hydrogen (secondary N) is 1. The van der Waals surface area contributed by atoms with Gasteiger partial charge in [0.1, 0.15) is 17.8 Å². The smallest absolute Gasteiger partial charge is 0.277 e. The van der Waals surface area contributed by atoms with Crippen LogP contribution in [0, 0.1) is 0 Å². The van der Waals surface area contributed by atoms with Gasteiger partial charge in [-0.2, -0.15) is 0 Å². The summed E-state index contributed by atoms with van der Waals surface area (Å²) < 4.78 is 0. The topological polar surface area (TPSA) is 61.4 Å². The first kappa shape index (κ1) is 20.3. The minimum absolute atomic E-state index is 0.152. The molecule has 6 heteroatoms. The van der Waals surface area contributed by atoms with Gasteiger partial charge in [0.15, 0.2) is 0 Å². The summed E-state index contributed by atoms with van der Waals surface area (Å²) in [6.07, 6.45) is 1.42. The molecule has 29 heavy (non-hydrogen) atoms. The Hall–Kier alpha value is -3.41. The molecule has 1 heterocycles. The number of amides is 1. The van der Waals surface area contributed by atoms with Crippen LogP contribution in [0.3, 0.4) is 0 Å². The van der Waals surface area contributed by atoms with E-state index in [1.54, 1.807) is 11.0 Å². The number of rotatable bonds is 8. The Morgan fingerprint density at radius 2 is 1.55 bits per heavy atom.